The lowest BCUT2D eigenvalue weighted by molar-refractivity contribution is 0.0820. The topological polar surface area (TPSA) is 17.1 Å². The molecule has 0 spiro atoms. The molecule has 0 amide bonds. The molecule has 0 aliphatic heterocycles. The van der Waals surface area contributed by atoms with Crippen molar-refractivity contribution in [1.29, 1.82) is 0 Å². The third-order valence-electron chi connectivity index (χ3n) is 3.90. The van der Waals surface area contributed by atoms with E-state index in [1.807, 2.05) is 24.3 Å². The fraction of sp³-hybridized carbons (Fsp3) is 0.533. The van der Waals surface area contributed by atoms with Gasteiger partial charge in [-0.15, -0.1) is 0 Å². The van der Waals surface area contributed by atoms with Crippen LogP contribution in [0, 0.1) is 11.8 Å². The summed E-state index contributed by atoms with van der Waals surface area (Å²) in [7, 11) is 0. The van der Waals surface area contributed by atoms with Crippen LogP contribution < -0.4 is 0 Å². The smallest absolute Gasteiger partial charge is 0.166 e. The van der Waals surface area contributed by atoms with E-state index in [1.54, 1.807) is 0 Å². The van der Waals surface area contributed by atoms with Crippen LogP contribution in [-0.4, -0.2) is 5.78 Å². The van der Waals surface area contributed by atoms with Crippen LogP contribution in [0.3, 0.4) is 0 Å². The molecule has 1 aliphatic carbocycles. The highest BCUT2D eigenvalue weighted by Crippen LogP contribution is 2.34. The molecule has 2 heteroatoms. The van der Waals surface area contributed by atoms with Gasteiger partial charge >= 0.3 is 0 Å². The summed E-state index contributed by atoms with van der Waals surface area (Å²) in [5, 5.41) is 0. The van der Waals surface area contributed by atoms with Gasteiger partial charge in [-0.25, -0.2) is 0 Å². The molecule has 0 aromatic heterocycles. The third kappa shape index (κ3) is 2.98. The van der Waals surface area contributed by atoms with E-state index in [9.17, 15) is 4.79 Å². The average Bonchev–Trinajstić information content (AvgIpc) is 2.39. The Balaban J connectivity index is 2.15. The summed E-state index contributed by atoms with van der Waals surface area (Å²) in [4.78, 5) is 12.5. The molecule has 1 aliphatic rings. The summed E-state index contributed by atoms with van der Waals surface area (Å²) in [5.41, 5.74) is 0.874. The molecule has 0 radical (unpaired) electrons. The number of halogens is 1. The zero-order valence-electron chi connectivity index (χ0n) is 10.3. The zero-order valence-corrected chi connectivity index (χ0v) is 11.9. The van der Waals surface area contributed by atoms with E-state index < -0.39 is 0 Å². The van der Waals surface area contributed by atoms with Crippen LogP contribution in [0.15, 0.2) is 28.7 Å². The minimum absolute atomic E-state index is 0.259. The quantitative estimate of drug-likeness (QED) is 0.729. The maximum absolute atomic E-state index is 12.5. The first-order chi connectivity index (χ1) is 8.22. The number of carbonyl (C=O) groups is 1. The fourth-order valence-corrected chi connectivity index (χ4v) is 3.13. The lowest BCUT2D eigenvalue weighted by atomic mass is 9.74. The van der Waals surface area contributed by atoms with Gasteiger partial charge in [0.05, 0.1) is 0 Å². The van der Waals surface area contributed by atoms with E-state index in [0.29, 0.717) is 11.7 Å². The predicted octanol–water partition coefficient (Wildman–Crippen LogP) is 4.85. The van der Waals surface area contributed by atoms with Crippen molar-refractivity contribution in [2.45, 2.75) is 39.0 Å². The molecular formula is C15H19BrO. The molecule has 17 heavy (non-hydrogen) atoms. The molecule has 0 saturated heterocycles. The summed E-state index contributed by atoms with van der Waals surface area (Å²) in [6.45, 7) is 2.21. The number of hydrogen-bond acceptors (Lipinski definition) is 1. The largest absolute Gasteiger partial charge is 0.294 e. The van der Waals surface area contributed by atoms with Crippen molar-refractivity contribution >= 4 is 21.7 Å². The Hall–Kier alpha value is -0.630. The van der Waals surface area contributed by atoms with E-state index in [1.165, 1.54) is 19.3 Å². The minimum Gasteiger partial charge on any atom is -0.294 e. The van der Waals surface area contributed by atoms with Crippen molar-refractivity contribution in [3.63, 3.8) is 0 Å². The summed E-state index contributed by atoms with van der Waals surface area (Å²) in [5.74, 6) is 1.21. The van der Waals surface area contributed by atoms with E-state index in [4.69, 9.17) is 0 Å². The lowest BCUT2D eigenvalue weighted by Gasteiger charge is -2.29. The highest BCUT2D eigenvalue weighted by Gasteiger charge is 2.29. The van der Waals surface area contributed by atoms with Gasteiger partial charge < -0.3 is 0 Å². The van der Waals surface area contributed by atoms with Crippen LogP contribution in [0.5, 0.6) is 0 Å². The van der Waals surface area contributed by atoms with Crippen molar-refractivity contribution in [3.05, 3.63) is 34.3 Å². The first-order valence-corrected chi connectivity index (χ1v) is 7.31. The molecule has 0 bridgehead atoms. The Morgan fingerprint density at radius 1 is 1.24 bits per heavy atom. The Morgan fingerprint density at radius 3 is 2.53 bits per heavy atom. The number of ketones is 1. The standard InChI is InChI=1S/C15H19BrO/c1-2-11-5-3-4-6-14(11)15(17)12-7-9-13(16)10-8-12/h7-11,14H,2-6H2,1H3. The van der Waals surface area contributed by atoms with Crippen LogP contribution in [0.2, 0.25) is 0 Å². The fourth-order valence-electron chi connectivity index (χ4n) is 2.87. The molecule has 0 N–H and O–H groups in total. The van der Waals surface area contributed by atoms with Crippen LogP contribution in [0.25, 0.3) is 0 Å². The van der Waals surface area contributed by atoms with E-state index >= 15 is 0 Å². The number of rotatable bonds is 3. The molecule has 0 heterocycles. The van der Waals surface area contributed by atoms with Gasteiger partial charge in [0, 0.05) is 16.0 Å². The van der Waals surface area contributed by atoms with E-state index in [0.717, 1.165) is 22.9 Å². The van der Waals surface area contributed by atoms with Crippen molar-refractivity contribution in [1.82, 2.24) is 0 Å². The second-order valence-corrected chi connectivity index (χ2v) is 5.85. The van der Waals surface area contributed by atoms with Crippen molar-refractivity contribution < 1.29 is 4.79 Å². The third-order valence-corrected chi connectivity index (χ3v) is 4.43. The summed E-state index contributed by atoms with van der Waals surface area (Å²) < 4.78 is 1.03. The highest BCUT2D eigenvalue weighted by atomic mass is 79.9. The number of Topliss-reactive ketones (excluding diaryl/α,β-unsaturated/α-hetero) is 1. The maximum atomic E-state index is 12.5. The van der Waals surface area contributed by atoms with E-state index in [2.05, 4.69) is 22.9 Å². The maximum Gasteiger partial charge on any atom is 0.166 e. The molecule has 1 aromatic rings. The van der Waals surface area contributed by atoms with Gasteiger partial charge in [-0.05, 0) is 30.9 Å². The molecule has 1 saturated carbocycles. The van der Waals surface area contributed by atoms with Gasteiger partial charge in [-0.2, -0.15) is 0 Å². The average molecular weight is 295 g/mol. The molecule has 2 rings (SSSR count). The number of carbonyl (C=O) groups excluding carboxylic acids is 1. The van der Waals surface area contributed by atoms with Crippen molar-refractivity contribution in [2.24, 2.45) is 11.8 Å². The van der Waals surface area contributed by atoms with Gasteiger partial charge in [0.1, 0.15) is 0 Å². The summed E-state index contributed by atoms with van der Waals surface area (Å²) in [6, 6.07) is 7.79. The lowest BCUT2D eigenvalue weighted by Crippen LogP contribution is -2.26. The Bertz CT molecular complexity index is 382. The molecule has 1 aromatic carbocycles. The van der Waals surface area contributed by atoms with E-state index in [-0.39, 0.29) is 5.92 Å². The van der Waals surface area contributed by atoms with Crippen LogP contribution >= 0.6 is 15.9 Å². The molecule has 1 fully saturated rings. The predicted molar refractivity (Wildman–Crippen MR) is 74.2 cm³/mol. The second kappa shape index (κ2) is 5.81. The summed E-state index contributed by atoms with van der Waals surface area (Å²) >= 11 is 3.40. The van der Waals surface area contributed by atoms with Crippen molar-refractivity contribution in [3.8, 4) is 0 Å². The molecule has 2 unspecified atom stereocenters. The molecule has 2 atom stereocenters. The molecule has 92 valence electrons. The minimum atomic E-state index is 0.259. The Morgan fingerprint density at radius 2 is 1.88 bits per heavy atom. The Kier molecular flexibility index (Phi) is 4.38. The monoisotopic (exact) mass is 294 g/mol. The SMILES string of the molecule is CCC1CCCCC1C(=O)c1ccc(Br)cc1. The van der Waals surface area contributed by atoms with Crippen LogP contribution in [0.1, 0.15) is 49.4 Å². The van der Waals surface area contributed by atoms with Gasteiger partial charge in [0.25, 0.3) is 0 Å². The molecular weight excluding hydrogens is 276 g/mol. The number of hydrogen-bond donors (Lipinski definition) is 0. The summed E-state index contributed by atoms with van der Waals surface area (Å²) in [6.07, 6.45) is 5.94. The van der Waals surface area contributed by atoms with Gasteiger partial charge in [-0.1, -0.05) is 54.2 Å². The van der Waals surface area contributed by atoms with Crippen LogP contribution in [-0.2, 0) is 0 Å². The first kappa shape index (κ1) is 12.8. The van der Waals surface area contributed by atoms with Crippen molar-refractivity contribution in [2.75, 3.05) is 0 Å². The van der Waals surface area contributed by atoms with Gasteiger partial charge in [0.2, 0.25) is 0 Å². The zero-order chi connectivity index (χ0) is 12.3. The number of benzene rings is 1. The highest BCUT2D eigenvalue weighted by molar-refractivity contribution is 9.10. The first-order valence-electron chi connectivity index (χ1n) is 6.52. The van der Waals surface area contributed by atoms with Gasteiger partial charge in [-0.3, -0.25) is 4.79 Å². The van der Waals surface area contributed by atoms with Crippen LogP contribution in [0.4, 0.5) is 0 Å². The van der Waals surface area contributed by atoms with Gasteiger partial charge in [0.15, 0.2) is 5.78 Å². The molecule has 1 nitrogen and oxygen atoms in total. The second-order valence-electron chi connectivity index (χ2n) is 4.93. The Labute approximate surface area is 112 Å². The normalized spacial score (nSPS) is 24.6.